The minimum absolute atomic E-state index is 0.0279. The molecule has 24 heavy (non-hydrogen) atoms. The van der Waals surface area contributed by atoms with E-state index in [9.17, 15) is 9.59 Å². The lowest BCUT2D eigenvalue weighted by Crippen LogP contribution is -2.36. The Balaban J connectivity index is 1.82. The summed E-state index contributed by atoms with van der Waals surface area (Å²) in [6.45, 7) is 2.07. The van der Waals surface area contributed by atoms with Crippen LogP contribution in [0.1, 0.15) is 41.3 Å². The lowest BCUT2D eigenvalue weighted by atomic mass is 10.0. The van der Waals surface area contributed by atoms with E-state index in [-0.39, 0.29) is 17.5 Å². The number of aryl methyl sites for hydroxylation is 1. The van der Waals surface area contributed by atoms with Gasteiger partial charge in [0.1, 0.15) is 0 Å². The van der Waals surface area contributed by atoms with Gasteiger partial charge in [-0.05, 0) is 42.5 Å². The first kappa shape index (κ1) is 17.7. The summed E-state index contributed by atoms with van der Waals surface area (Å²) in [5.74, 6) is -0.911. The highest BCUT2D eigenvalue weighted by Crippen LogP contribution is 2.09. The van der Waals surface area contributed by atoms with Crippen LogP contribution >= 0.6 is 0 Å². The molecular weight excluding hydrogens is 302 g/mol. The minimum Gasteiger partial charge on any atom is -0.478 e. The molecule has 0 aliphatic carbocycles. The van der Waals surface area contributed by atoms with Crippen molar-refractivity contribution < 1.29 is 14.7 Å². The summed E-state index contributed by atoms with van der Waals surface area (Å²) in [7, 11) is 0. The number of carboxylic acids is 1. The maximum Gasteiger partial charge on any atom is 0.335 e. The van der Waals surface area contributed by atoms with Gasteiger partial charge >= 0.3 is 5.97 Å². The maximum atomic E-state index is 12.1. The van der Waals surface area contributed by atoms with Crippen LogP contribution in [0.3, 0.4) is 0 Å². The number of hydrogen-bond acceptors (Lipinski definition) is 2. The van der Waals surface area contributed by atoms with E-state index in [0.29, 0.717) is 12.8 Å². The van der Waals surface area contributed by atoms with Crippen LogP contribution in [0.15, 0.2) is 54.6 Å². The highest BCUT2D eigenvalue weighted by atomic mass is 16.4. The van der Waals surface area contributed by atoms with Crippen LogP contribution in [0, 0.1) is 0 Å². The first-order valence-electron chi connectivity index (χ1n) is 8.24. The largest absolute Gasteiger partial charge is 0.478 e. The Labute approximate surface area is 142 Å². The van der Waals surface area contributed by atoms with E-state index in [1.807, 2.05) is 18.2 Å². The van der Waals surface area contributed by atoms with Crippen LogP contribution in [0.25, 0.3) is 0 Å². The van der Waals surface area contributed by atoms with Gasteiger partial charge in [0.25, 0.3) is 0 Å². The number of aromatic carboxylic acids is 1. The standard InChI is InChI=1S/C20H23NO3/c1-2-18(14-16-6-4-3-5-7-16)21-19(22)13-10-15-8-11-17(12-9-15)20(23)24/h3-9,11-12,18H,2,10,13-14H2,1H3,(H,21,22)(H,23,24). The molecule has 2 N–H and O–H groups in total. The van der Waals surface area contributed by atoms with Crippen molar-refractivity contribution in [1.29, 1.82) is 0 Å². The number of rotatable bonds is 8. The third kappa shape index (κ3) is 5.54. The number of hydrogen-bond donors (Lipinski definition) is 2. The maximum absolute atomic E-state index is 12.1. The number of carboxylic acid groups (broad SMARTS) is 1. The van der Waals surface area contributed by atoms with Gasteiger partial charge in [-0.15, -0.1) is 0 Å². The molecule has 2 aromatic rings. The van der Waals surface area contributed by atoms with E-state index in [2.05, 4.69) is 24.4 Å². The summed E-state index contributed by atoms with van der Waals surface area (Å²) in [6, 6.07) is 16.9. The summed E-state index contributed by atoms with van der Waals surface area (Å²) in [5.41, 5.74) is 2.44. The van der Waals surface area contributed by atoms with E-state index in [4.69, 9.17) is 5.11 Å². The second-order valence-electron chi connectivity index (χ2n) is 5.86. The van der Waals surface area contributed by atoms with E-state index in [1.54, 1.807) is 24.3 Å². The Bertz CT molecular complexity index is 665. The zero-order valence-electron chi connectivity index (χ0n) is 13.9. The molecule has 1 amide bonds. The molecule has 2 rings (SSSR count). The zero-order valence-corrected chi connectivity index (χ0v) is 13.9. The monoisotopic (exact) mass is 325 g/mol. The SMILES string of the molecule is CCC(Cc1ccccc1)NC(=O)CCc1ccc(C(=O)O)cc1. The van der Waals surface area contributed by atoms with Crippen LogP contribution in [0.4, 0.5) is 0 Å². The molecule has 1 atom stereocenters. The van der Waals surface area contributed by atoms with E-state index >= 15 is 0 Å². The molecule has 0 spiro atoms. The predicted octanol–water partition coefficient (Wildman–Crippen LogP) is 3.45. The summed E-state index contributed by atoms with van der Waals surface area (Å²) in [4.78, 5) is 23.0. The summed E-state index contributed by atoms with van der Waals surface area (Å²) >= 11 is 0. The predicted molar refractivity (Wildman–Crippen MR) is 94.1 cm³/mol. The zero-order chi connectivity index (χ0) is 17.4. The second kappa shape index (κ2) is 8.87. The van der Waals surface area contributed by atoms with Gasteiger partial charge in [0.15, 0.2) is 0 Å². The van der Waals surface area contributed by atoms with Gasteiger partial charge in [-0.2, -0.15) is 0 Å². The van der Waals surface area contributed by atoms with E-state index < -0.39 is 5.97 Å². The third-order valence-corrected chi connectivity index (χ3v) is 4.02. The van der Waals surface area contributed by atoms with Crippen LogP contribution in [-0.2, 0) is 17.6 Å². The fourth-order valence-corrected chi connectivity index (χ4v) is 2.57. The topological polar surface area (TPSA) is 66.4 Å². The van der Waals surface area contributed by atoms with Crippen LogP contribution in [0.5, 0.6) is 0 Å². The Morgan fingerprint density at radius 1 is 1.00 bits per heavy atom. The van der Waals surface area contributed by atoms with E-state index in [0.717, 1.165) is 18.4 Å². The third-order valence-electron chi connectivity index (χ3n) is 4.02. The number of benzene rings is 2. The lowest BCUT2D eigenvalue weighted by molar-refractivity contribution is -0.121. The average molecular weight is 325 g/mol. The van der Waals surface area contributed by atoms with Crippen molar-refractivity contribution in [2.45, 2.75) is 38.6 Å². The number of carbonyl (C=O) groups is 2. The highest BCUT2D eigenvalue weighted by molar-refractivity contribution is 5.87. The van der Waals surface area contributed by atoms with Crippen molar-refractivity contribution in [2.75, 3.05) is 0 Å². The molecule has 0 fully saturated rings. The molecular formula is C20H23NO3. The van der Waals surface area contributed by atoms with Crippen LogP contribution < -0.4 is 5.32 Å². The van der Waals surface area contributed by atoms with Gasteiger partial charge < -0.3 is 10.4 Å². The second-order valence-corrected chi connectivity index (χ2v) is 5.86. The van der Waals surface area contributed by atoms with E-state index in [1.165, 1.54) is 5.56 Å². The number of nitrogens with one attached hydrogen (secondary N) is 1. The Morgan fingerprint density at radius 3 is 2.25 bits per heavy atom. The molecule has 126 valence electrons. The quantitative estimate of drug-likeness (QED) is 0.781. The molecule has 4 heteroatoms. The van der Waals surface area contributed by atoms with Gasteiger partial charge in [0, 0.05) is 12.5 Å². The molecule has 0 saturated heterocycles. The molecule has 0 radical (unpaired) electrons. The normalized spacial score (nSPS) is 11.7. The van der Waals surface area contributed by atoms with Crippen LogP contribution in [-0.4, -0.2) is 23.0 Å². The van der Waals surface area contributed by atoms with Crippen molar-refractivity contribution in [3.63, 3.8) is 0 Å². The van der Waals surface area contributed by atoms with Gasteiger partial charge in [-0.1, -0.05) is 49.4 Å². The lowest BCUT2D eigenvalue weighted by Gasteiger charge is -2.17. The average Bonchev–Trinajstić information content (AvgIpc) is 2.60. The number of carbonyl (C=O) groups excluding carboxylic acids is 1. The van der Waals surface area contributed by atoms with Gasteiger partial charge in [0.2, 0.25) is 5.91 Å². The van der Waals surface area contributed by atoms with Gasteiger partial charge in [-0.25, -0.2) is 4.79 Å². The summed E-state index contributed by atoms with van der Waals surface area (Å²) < 4.78 is 0. The fourth-order valence-electron chi connectivity index (χ4n) is 2.57. The fraction of sp³-hybridized carbons (Fsp3) is 0.300. The first-order chi connectivity index (χ1) is 11.6. The molecule has 0 saturated carbocycles. The highest BCUT2D eigenvalue weighted by Gasteiger charge is 2.11. The van der Waals surface area contributed by atoms with Crippen molar-refractivity contribution in [1.82, 2.24) is 5.32 Å². The van der Waals surface area contributed by atoms with Crippen molar-refractivity contribution >= 4 is 11.9 Å². The van der Waals surface area contributed by atoms with Crippen molar-refractivity contribution in [2.24, 2.45) is 0 Å². The summed E-state index contributed by atoms with van der Waals surface area (Å²) in [6.07, 6.45) is 2.72. The molecule has 0 aromatic heterocycles. The smallest absolute Gasteiger partial charge is 0.335 e. The van der Waals surface area contributed by atoms with Crippen LogP contribution in [0.2, 0.25) is 0 Å². The number of amides is 1. The minimum atomic E-state index is -0.939. The van der Waals surface area contributed by atoms with Crippen molar-refractivity contribution in [3.8, 4) is 0 Å². The summed E-state index contributed by atoms with van der Waals surface area (Å²) in [5, 5.41) is 12.0. The van der Waals surface area contributed by atoms with Gasteiger partial charge in [0.05, 0.1) is 5.56 Å². The Hall–Kier alpha value is -2.62. The Kier molecular flexibility index (Phi) is 6.55. The molecule has 1 unspecified atom stereocenters. The molecule has 0 heterocycles. The molecule has 0 bridgehead atoms. The van der Waals surface area contributed by atoms with Gasteiger partial charge in [-0.3, -0.25) is 4.79 Å². The molecule has 2 aromatic carbocycles. The molecule has 0 aliphatic heterocycles. The Morgan fingerprint density at radius 2 is 1.67 bits per heavy atom. The molecule has 0 aliphatic rings. The first-order valence-corrected chi connectivity index (χ1v) is 8.24. The van der Waals surface area contributed by atoms with Crippen molar-refractivity contribution in [3.05, 3.63) is 71.3 Å². The molecule has 4 nitrogen and oxygen atoms in total.